The fourth-order valence-electron chi connectivity index (χ4n) is 1.64. The minimum absolute atomic E-state index is 0.0642. The molecule has 0 atom stereocenters. The summed E-state index contributed by atoms with van der Waals surface area (Å²) in [6.45, 7) is 3.16. The number of rotatable bonds is 4. The Morgan fingerprint density at radius 1 is 1.33 bits per heavy atom. The quantitative estimate of drug-likeness (QED) is 0.870. The molecule has 0 N–H and O–H groups in total. The van der Waals surface area contributed by atoms with Gasteiger partial charge < -0.3 is 9.42 Å². The molecule has 2 aromatic rings. The summed E-state index contributed by atoms with van der Waals surface area (Å²) < 4.78 is 30.6. The van der Waals surface area contributed by atoms with Crippen LogP contribution in [0.5, 0.6) is 0 Å². The maximum atomic E-state index is 13.0. The van der Waals surface area contributed by atoms with Crippen LogP contribution in [0.1, 0.15) is 30.1 Å². The Balaban J connectivity index is 2.23. The molecule has 0 fully saturated rings. The first-order valence-electron chi connectivity index (χ1n) is 6.41. The Morgan fingerprint density at radius 2 is 1.95 bits per heavy atom. The molecule has 1 aromatic heterocycles. The van der Waals surface area contributed by atoms with Gasteiger partial charge in [-0.15, -0.1) is 0 Å². The lowest BCUT2D eigenvalue weighted by molar-refractivity contribution is -0.0158. The zero-order valence-corrected chi connectivity index (χ0v) is 11.9. The van der Waals surface area contributed by atoms with Crippen LogP contribution in [-0.2, 0) is 5.92 Å². The maximum absolute atomic E-state index is 13.0. The van der Waals surface area contributed by atoms with Gasteiger partial charge in [0.15, 0.2) is 0 Å². The Kier molecular flexibility index (Phi) is 4.02. The van der Waals surface area contributed by atoms with Crippen molar-refractivity contribution in [1.82, 2.24) is 15.0 Å². The van der Waals surface area contributed by atoms with Gasteiger partial charge in [-0.1, -0.05) is 17.3 Å². The molecule has 0 aliphatic carbocycles. The van der Waals surface area contributed by atoms with Crippen molar-refractivity contribution < 1.29 is 18.1 Å². The third-order valence-corrected chi connectivity index (χ3v) is 3.01. The highest BCUT2D eigenvalue weighted by Gasteiger charge is 2.32. The van der Waals surface area contributed by atoms with Crippen LogP contribution in [0, 0.1) is 0 Å². The zero-order chi connectivity index (χ0) is 15.6. The number of carbonyl (C=O) groups excluding carboxylic acids is 1. The van der Waals surface area contributed by atoms with Crippen molar-refractivity contribution >= 4 is 5.91 Å². The second kappa shape index (κ2) is 5.59. The summed E-state index contributed by atoms with van der Waals surface area (Å²) >= 11 is 0. The first-order valence-corrected chi connectivity index (χ1v) is 6.41. The number of carbonyl (C=O) groups is 1. The van der Waals surface area contributed by atoms with Gasteiger partial charge in [0, 0.05) is 31.6 Å². The molecule has 1 heterocycles. The molecule has 1 aromatic carbocycles. The normalized spacial score (nSPS) is 11.5. The summed E-state index contributed by atoms with van der Waals surface area (Å²) in [5.74, 6) is -3.96. The molecule has 0 aliphatic rings. The van der Waals surface area contributed by atoms with Gasteiger partial charge in [0.25, 0.3) is 11.8 Å². The highest BCUT2D eigenvalue weighted by molar-refractivity contribution is 5.94. The van der Waals surface area contributed by atoms with Gasteiger partial charge >= 0.3 is 5.92 Å². The zero-order valence-electron chi connectivity index (χ0n) is 11.9. The first kappa shape index (κ1) is 15.1. The SMILES string of the molecule is CCN(C)C(=O)c1ccc(-c2noc(C(C)(F)F)n2)cc1. The maximum Gasteiger partial charge on any atom is 0.322 e. The van der Waals surface area contributed by atoms with E-state index >= 15 is 0 Å². The van der Waals surface area contributed by atoms with E-state index in [4.69, 9.17) is 0 Å². The number of aromatic nitrogens is 2. The third kappa shape index (κ3) is 3.24. The van der Waals surface area contributed by atoms with E-state index < -0.39 is 11.8 Å². The average Bonchev–Trinajstić information content (AvgIpc) is 2.95. The lowest BCUT2D eigenvalue weighted by atomic mass is 10.1. The summed E-state index contributed by atoms with van der Waals surface area (Å²) in [6, 6.07) is 6.40. The Labute approximate surface area is 120 Å². The molecular weight excluding hydrogens is 280 g/mol. The second-order valence-electron chi connectivity index (χ2n) is 4.71. The number of amides is 1. The molecule has 5 nitrogen and oxygen atoms in total. The lowest BCUT2D eigenvalue weighted by Gasteiger charge is -2.14. The van der Waals surface area contributed by atoms with E-state index in [-0.39, 0.29) is 11.7 Å². The summed E-state index contributed by atoms with van der Waals surface area (Å²) in [6.07, 6.45) is 0. The van der Waals surface area contributed by atoms with E-state index in [0.717, 1.165) is 0 Å². The minimum Gasteiger partial charge on any atom is -0.342 e. The van der Waals surface area contributed by atoms with E-state index in [9.17, 15) is 13.6 Å². The molecule has 112 valence electrons. The van der Waals surface area contributed by atoms with Gasteiger partial charge in [0.05, 0.1) is 0 Å². The number of halogens is 2. The van der Waals surface area contributed by atoms with E-state index in [1.165, 1.54) is 0 Å². The molecule has 0 saturated heterocycles. The highest BCUT2D eigenvalue weighted by atomic mass is 19.3. The predicted octanol–water partition coefficient (Wildman–Crippen LogP) is 2.94. The van der Waals surface area contributed by atoms with Crippen LogP contribution in [0.2, 0.25) is 0 Å². The Hall–Kier alpha value is -2.31. The molecular formula is C14H15F2N3O2. The van der Waals surface area contributed by atoms with Crippen LogP contribution >= 0.6 is 0 Å². The molecule has 0 unspecified atom stereocenters. The molecule has 0 spiro atoms. The second-order valence-corrected chi connectivity index (χ2v) is 4.71. The molecule has 7 heteroatoms. The number of hydrogen-bond acceptors (Lipinski definition) is 4. The average molecular weight is 295 g/mol. The van der Waals surface area contributed by atoms with E-state index in [2.05, 4.69) is 14.7 Å². The van der Waals surface area contributed by atoms with Gasteiger partial charge in [-0.05, 0) is 19.1 Å². The number of alkyl halides is 2. The van der Waals surface area contributed by atoms with Crippen molar-refractivity contribution in [1.29, 1.82) is 0 Å². The standard InChI is InChI=1S/C14H15F2N3O2/c1-4-19(3)12(20)10-7-5-9(6-8-10)11-17-13(21-18-11)14(2,15)16/h5-8H,4H2,1-3H3. The molecule has 1 amide bonds. The fourth-order valence-corrected chi connectivity index (χ4v) is 1.64. The van der Waals surface area contributed by atoms with E-state index in [1.807, 2.05) is 6.92 Å². The highest BCUT2D eigenvalue weighted by Crippen LogP contribution is 2.27. The Bertz CT molecular complexity index is 632. The molecule has 0 saturated carbocycles. The third-order valence-electron chi connectivity index (χ3n) is 3.01. The summed E-state index contributed by atoms with van der Waals surface area (Å²) in [7, 11) is 1.70. The molecule has 0 bridgehead atoms. The van der Waals surface area contributed by atoms with Gasteiger partial charge in [-0.3, -0.25) is 4.79 Å². The minimum atomic E-state index is -3.18. The lowest BCUT2D eigenvalue weighted by Crippen LogP contribution is -2.26. The monoisotopic (exact) mass is 295 g/mol. The Morgan fingerprint density at radius 3 is 2.43 bits per heavy atom. The number of hydrogen-bond donors (Lipinski definition) is 0. The van der Waals surface area contributed by atoms with Crippen molar-refractivity contribution in [2.24, 2.45) is 0 Å². The van der Waals surface area contributed by atoms with Gasteiger partial charge in [0.2, 0.25) is 5.82 Å². The van der Waals surface area contributed by atoms with Crippen molar-refractivity contribution in [2.45, 2.75) is 19.8 Å². The largest absolute Gasteiger partial charge is 0.342 e. The van der Waals surface area contributed by atoms with Crippen molar-refractivity contribution in [3.8, 4) is 11.4 Å². The first-order chi connectivity index (χ1) is 9.82. The van der Waals surface area contributed by atoms with Gasteiger partial charge in [0.1, 0.15) is 0 Å². The number of benzene rings is 1. The van der Waals surface area contributed by atoms with E-state index in [0.29, 0.717) is 24.6 Å². The van der Waals surface area contributed by atoms with Crippen LogP contribution < -0.4 is 0 Å². The van der Waals surface area contributed by atoms with Crippen molar-refractivity contribution in [3.05, 3.63) is 35.7 Å². The smallest absolute Gasteiger partial charge is 0.322 e. The summed E-state index contributed by atoms with van der Waals surface area (Å²) in [4.78, 5) is 17.2. The molecule has 0 radical (unpaired) electrons. The van der Waals surface area contributed by atoms with Crippen molar-refractivity contribution in [2.75, 3.05) is 13.6 Å². The molecule has 21 heavy (non-hydrogen) atoms. The topological polar surface area (TPSA) is 59.2 Å². The molecule has 0 aliphatic heterocycles. The van der Waals surface area contributed by atoms with E-state index in [1.54, 1.807) is 36.2 Å². The predicted molar refractivity (Wildman–Crippen MR) is 71.9 cm³/mol. The van der Waals surface area contributed by atoms with Gasteiger partial charge in [-0.2, -0.15) is 13.8 Å². The summed E-state index contributed by atoms with van der Waals surface area (Å²) in [5, 5.41) is 3.52. The van der Waals surface area contributed by atoms with Crippen LogP contribution in [0.3, 0.4) is 0 Å². The fraction of sp³-hybridized carbons (Fsp3) is 0.357. The van der Waals surface area contributed by atoms with Crippen LogP contribution in [-0.4, -0.2) is 34.5 Å². The number of nitrogens with zero attached hydrogens (tertiary/aromatic N) is 3. The summed E-state index contributed by atoms with van der Waals surface area (Å²) in [5.41, 5.74) is 1.01. The molecule has 2 rings (SSSR count). The van der Waals surface area contributed by atoms with Crippen LogP contribution in [0.15, 0.2) is 28.8 Å². The van der Waals surface area contributed by atoms with Crippen molar-refractivity contribution in [3.63, 3.8) is 0 Å². The van der Waals surface area contributed by atoms with Crippen LogP contribution in [0.25, 0.3) is 11.4 Å². The van der Waals surface area contributed by atoms with Crippen LogP contribution in [0.4, 0.5) is 8.78 Å². The van der Waals surface area contributed by atoms with Gasteiger partial charge in [-0.25, -0.2) is 0 Å².